The largest absolute Gasteiger partial charge is 0.394 e. The summed E-state index contributed by atoms with van der Waals surface area (Å²) >= 11 is 0. The van der Waals surface area contributed by atoms with Gasteiger partial charge in [-0.1, -0.05) is 39.0 Å². The first-order valence-electron chi connectivity index (χ1n) is 10.5. The summed E-state index contributed by atoms with van der Waals surface area (Å²) in [7, 11) is 1.51. The SMILES string of the molecule is CCCCCCCCOCC(=O)Nc1nc(F)nc2c1ncn2CCC(CO)OC. The number of imidazole rings is 1. The summed E-state index contributed by atoms with van der Waals surface area (Å²) in [6.45, 7) is 2.85. The zero-order valence-electron chi connectivity index (χ0n) is 17.8. The maximum absolute atomic E-state index is 13.9. The summed E-state index contributed by atoms with van der Waals surface area (Å²) in [6.07, 6.45) is 7.54. The Hall–Kier alpha value is -2.17. The van der Waals surface area contributed by atoms with Gasteiger partial charge in [0.05, 0.1) is 19.0 Å². The molecule has 0 fully saturated rings. The minimum absolute atomic E-state index is 0.00913. The van der Waals surface area contributed by atoms with Crippen LogP contribution in [0.1, 0.15) is 51.9 Å². The molecule has 2 aromatic rings. The third-order valence-electron chi connectivity index (χ3n) is 4.80. The van der Waals surface area contributed by atoms with Crippen molar-refractivity contribution in [1.29, 1.82) is 0 Å². The molecule has 1 unspecified atom stereocenters. The Morgan fingerprint density at radius 3 is 2.77 bits per heavy atom. The number of aliphatic hydroxyl groups excluding tert-OH is 1. The number of carbonyl (C=O) groups excluding carboxylic acids is 1. The molecule has 2 aromatic heterocycles. The van der Waals surface area contributed by atoms with E-state index in [9.17, 15) is 14.3 Å². The van der Waals surface area contributed by atoms with Gasteiger partial charge in [-0.15, -0.1) is 0 Å². The number of nitrogens with one attached hydrogen (secondary N) is 1. The molecule has 10 heteroatoms. The second kappa shape index (κ2) is 13.2. The Labute approximate surface area is 176 Å². The van der Waals surface area contributed by atoms with E-state index in [1.807, 2.05) is 0 Å². The van der Waals surface area contributed by atoms with Gasteiger partial charge in [0.25, 0.3) is 5.91 Å². The van der Waals surface area contributed by atoms with Crippen molar-refractivity contribution in [1.82, 2.24) is 19.5 Å². The fraction of sp³-hybridized carbons (Fsp3) is 0.700. The van der Waals surface area contributed by atoms with E-state index in [2.05, 4.69) is 27.2 Å². The highest BCUT2D eigenvalue weighted by Crippen LogP contribution is 2.19. The summed E-state index contributed by atoms with van der Waals surface area (Å²) in [5.74, 6) is -0.412. The number of hydrogen-bond donors (Lipinski definition) is 2. The fourth-order valence-electron chi connectivity index (χ4n) is 3.05. The van der Waals surface area contributed by atoms with Gasteiger partial charge < -0.3 is 24.5 Å². The lowest BCUT2D eigenvalue weighted by atomic mass is 10.1. The van der Waals surface area contributed by atoms with E-state index in [0.717, 1.165) is 12.8 Å². The number of carbonyl (C=O) groups is 1. The molecular formula is C20H32FN5O4. The molecule has 0 saturated heterocycles. The molecule has 1 amide bonds. The topological polar surface area (TPSA) is 111 Å². The lowest BCUT2D eigenvalue weighted by Crippen LogP contribution is -2.20. The van der Waals surface area contributed by atoms with Crippen LogP contribution in [0.4, 0.5) is 10.2 Å². The maximum Gasteiger partial charge on any atom is 0.312 e. The summed E-state index contributed by atoms with van der Waals surface area (Å²) in [5.41, 5.74) is 0.553. The summed E-state index contributed by atoms with van der Waals surface area (Å²) < 4.78 is 26.1. The molecule has 1 atom stereocenters. The van der Waals surface area contributed by atoms with Crippen molar-refractivity contribution in [2.24, 2.45) is 0 Å². The van der Waals surface area contributed by atoms with E-state index < -0.39 is 12.0 Å². The minimum Gasteiger partial charge on any atom is -0.394 e. The van der Waals surface area contributed by atoms with Crippen molar-refractivity contribution < 1.29 is 23.8 Å². The first-order chi connectivity index (χ1) is 14.6. The van der Waals surface area contributed by atoms with Crippen LogP contribution in [0.25, 0.3) is 11.2 Å². The molecule has 0 bridgehead atoms. The zero-order chi connectivity index (χ0) is 21.8. The normalized spacial score (nSPS) is 12.4. The number of aryl methyl sites for hydroxylation is 1. The Bertz CT molecular complexity index is 782. The number of fused-ring (bicyclic) bond motifs is 1. The molecule has 2 rings (SSSR count). The molecule has 30 heavy (non-hydrogen) atoms. The van der Waals surface area contributed by atoms with Crippen molar-refractivity contribution in [3.63, 3.8) is 0 Å². The maximum atomic E-state index is 13.9. The molecule has 168 valence electrons. The molecule has 9 nitrogen and oxygen atoms in total. The van der Waals surface area contributed by atoms with E-state index in [-0.39, 0.29) is 30.8 Å². The predicted octanol–water partition coefficient (Wildman–Crippen LogP) is 2.68. The van der Waals surface area contributed by atoms with Crippen LogP contribution < -0.4 is 5.32 Å². The summed E-state index contributed by atoms with van der Waals surface area (Å²) in [6, 6.07) is 0. The zero-order valence-corrected chi connectivity index (χ0v) is 17.8. The Morgan fingerprint density at radius 1 is 1.27 bits per heavy atom. The number of nitrogens with zero attached hydrogens (tertiary/aromatic N) is 4. The van der Waals surface area contributed by atoms with Gasteiger partial charge in [-0.3, -0.25) is 4.79 Å². The van der Waals surface area contributed by atoms with Crippen LogP contribution in [-0.2, 0) is 20.8 Å². The molecule has 0 aliphatic rings. The van der Waals surface area contributed by atoms with Crippen molar-refractivity contribution in [2.45, 2.75) is 64.5 Å². The number of halogens is 1. The number of unbranched alkanes of at least 4 members (excludes halogenated alkanes) is 5. The van der Waals surface area contributed by atoms with E-state index in [1.54, 1.807) is 4.57 Å². The number of aliphatic hydroxyl groups is 1. The summed E-state index contributed by atoms with van der Waals surface area (Å²) in [4.78, 5) is 23.8. The van der Waals surface area contributed by atoms with Gasteiger partial charge in [-0.05, 0) is 12.8 Å². The molecule has 0 aliphatic heterocycles. The van der Waals surface area contributed by atoms with Gasteiger partial charge in [-0.25, -0.2) is 4.98 Å². The van der Waals surface area contributed by atoms with Crippen LogP contribution >= 0.6 is 0 Å². The minimum atomic E-state index is -0.960. The van der Waals surface area contributed by atoms with Crippen LogP contribution in [0.5, 0.6) is 0 Å². The van der Waals surface area contributed by atoms with Crippen molar-refractivity contribution in [3.8, 4) is 0 Å². The highest BCUT2D eigenvalue weighted by molar-refractivity contribution is 5.97. The molecular weight excluding hydrogens is 393 g/mol. The number of aromatic nitrogens is 4. The molecule has 0 radical (unpaired) electrons. The Kier molecular flexibility index (Phi) is 10.6. The van der Waals surface area contributed by atoms with Crippen molar-refractivity contribution in [3.05, 3.63) is 12.4 Å². The van der Waals surface area contributed by atoms with Gasteiger partial charge in [0.1, 0.15) is 6.61 Å². The molecule has 0 aromatic carbocycles. The highest BCUT2D eigenvalue weighted by atomic mass is 19.1. The van der Waals surface area contributed by atoms with Crippen molar-refractivity contribution >= 4 is 22.9 Å². The van der Waals surface area contributed by atoms with Crippen molar-refractivity contribution in [2.75, 3.05) is 32.2 Å². The lowest BCUT2D eigenvalue weighted by molar-refractivity contribution is -0.120. The summed E-state index contributed by atoms with van der Waals surface area (Å²) in [5, 5.41) is 11.8. The predicted molar refractivity (Wildman–Crippen MR) is 111 cm³/mol. The van der Waals surface area contributed by atoms with Gasteiger partial charge in [0.2, 0.25) is 0 Å². The van der Waals surface area contributed by atoms with Crippen LogP contribution in [0.3, 0.4) is 0 Å². The second-order valence-electron chi connectivity index (χ2n) is 7.15. The van der Waals surface area contributed by atoms with Crippen LogP contribution in [-0.4, -0.2) is 63.6 Å². The highest BCUT2D eigenvalue weighted by Gasteiger charge is 2.16. The van der Waals surface area contributed by atoms with E-state index in [0.29, 0.717) is 25.1 Å². The number of ether oxygens (including phenoxy) is 2. The first kappa shape index (κ1) is 24.1. The fourth-order valence-corrected chi connectivity index (χ4v) is 3.05. The molecule has 0 spiro atoms. The van der Waals surface area contributed by atoms with Crippen LogP contribution in [0.2, 0.25) is 0 Å². The molecule has 2 heterocycles. The lowest BCUT2D eigenvalue weighted by Gasteiger charge is -2.12. The number of methoxy groups -OCH3 is 1. The number of anilines is 1. The number of hydrogen-bond acceptors (Lipinski definition) is 7. The van der Waals surface area contributed by atoms with Crippen LogP contribution in [0, 0.1) is 6.08 Å². The monoisotopic (exact) mass is 425 g/mol. The third kappa shape index (κ3) is 7.58. The van der Waals surface area contributed by atoms with Gasteiger partial charge in [0.15, 0.2) is 17.0 Å². The smallest absolute Gasteiger partial charge is 0.312 e. The van der Waals surface area contributed by atoms with Gasteiger partial charge in [-0.2, -0.15) is 14.4 Å². The quantitative estimate of drug-likeness (QED) is 0.333. The number of rotatable bonds is 15. The average molecular weight is 426 g/mol. The van der Waals surface area contributed by atoms with E-state index in [4.69, 9.17) is 9.47 Å². The Morgan fingerprint density at radius 2 is 2.03 bits per heavy atom. The number of amides is 1. The average Bonchev–Trinajstić information content (AvgIpc) is 3.13. The molecule has 2 N–H and O–H groups in total. The third-order valence-corrected chi connectivity index (χ3v) is 4.80. The van der Waals surface area contributed by atoms with E-state index >= 15 is 0 Å². The van der Waals surface area contributed by atoms with Crippen LogP contribution in [0.15, 0.2) is 6.33 Å². The van der Waals surface area contributed by atoms with Gasteiger partial charge in [0, 0.05) is 20.3 Å². The Balaban J connectivity index is 1.87. The molecule has 0 saturated carbocycles. The van der Waals surface area contributed by atoms with Gasteiger partial charge >= 0.3 is 6.08 Å². The first-order valence-corrected chi connectivity index (χ1v) is 10.5. The second-order valence-corrected chi connectivity index (χ2v) is 7.15. The molecule has 0 aliphatic carbocycles. The van der Waals surface area contributed by atoms with E-state index in [1.165, 1.54) is 39.1 Å². The standard InChI is InChI=1S/C20H32FN5O4/c1-3-4-5-6-7-8-11-30-13-16(28)23-18-17-19(25-20(21)24-18)26(14-22-17)10-9-15(12-27)29-2/h14-15,27H,3-13H2,1-2H3,(H,23,24,25,28).